The molecular formula is C28H46N4O3. The average Bonchev–Trinajstić information content (AvgIpc) is 2.84. The number of likely N-dealkylation sites (N-methyl/N-ethyl adjacent to an activating group) is 2. The summed E-state index contributed by atoms with van der Waals surface area (Å²) >= 11 is 0. The third-order valence-electron chi connectivity index (χ3n) is 5.09. The molecule has 0 atom stereocenters. The number of anilines is 2. The van der Waals surface area contributed by atoms with Crippen molar-refractivity contribution in [3.63, 3.8) is 0 Å². The Morgan fingerprint density at radius 1 is 0.857 bits per heavy atom. The van der Waals surface area contributed by atoms with Gasteiger partial charge in [0, 0.05) is 17.9 Å². The van der Waals surface area contributed by atoms with E-state index in [9.17, 15) is 9.59 Å². The van der Waals surface area contributed by atoms with Gasteiger partial charge in [0.1, 0.15) is 6.61 Å². The van der Waals surface area contributed by atoms with Crippen LogP contribution in [-0.2, 0) is 9.53 Å². The molecule has 0 aromatic heterocycles. The van der Waals surface area contributed by atoms with Crippen LogP contribution in [0.2, 0.25) is 0 Å². The highest BCUT2D eigenvalue weighted by Crippen LogP contribution is 2.19. The van der Waals surface area contributed by atoms with E-state index in [1.165, 1.54) is 0 Å². The number of esters is 1. The van der Waals surface area contributed by atoms with Gasteiger partial charge in [-0.05, 0) is 82.8 Å². The van der Waals surface area contributed by atoms with Crippen LogP contribution in [0.1, 0.15) is 55.6 Å². The number of benzene rings is 2. The summed E-state index contributed by atoms with van der Waals surface area (Å²) in [5, 5.41) is 3.02. The highest BCUT2D eigenvalue weighted by molar-refractivity contribution is 5.93. The second kappa shape index (κ2) is 18.4. The zero-order chi connectivity index (χ0) is 26.8. The molecule has 0 saturated carbocycles. The zero-order valence-electron chi connectivity index (χ0n) is 23.0. The van der Waals surface area contributed by atoms with Gasteiger partial charge in [-0.2, -0.15) is 0 Å². The topological polar surface area (TPSA) is 87.9 Å². The monoisotopic (exact) mass is 486 g/mol. The molecule has 3 N–H and O–H groups in total. The smallest absolute Gasteiger partial charge is 0.338 e. The number of ether oxygens (including phenoxy) is 1. The van der Waals surface area contributed by atoms with Crippen molar-refractivity contribution in [1.82, 2.24) is 9.80 Å². The number of para-hydroxylation sites is 1. The first-order valence-electron chi connectivity index (χ1n) is 12.5. The molecule has 7 heteroatoms. The number of carbonyl (C=O) groups is 2. The number of aryl methyl sites for hydroxylation is 2. The molecule has 0 aliphatic heterocycles. The molecule has 2 aromatic rings. The molecule has 0 saturated heterocycles. The van der Waals surface area contributed by atoms with E-state index < -0.39 is 0 Å². The van der Waals surface area contributed by atoms with Gasteiger partial charge in [0.25, 0.3) is 0 Å². The van der Waals surface area contributed by atoms with Gasteiger partial charge < -0.3 is 20.7 Å². The van der Waals surface area contributed by atoms with Gasteiger partial charge in [0.15, 0.2) is 0 Å². The molecule has 0 spiro atoms. The van der Waals surface area contributed by atoms with Crippen molar-refractivity contribution in [2.75, 3.05) is 57.9 Å². The Morgan fingerprint density at radius 3 is 1.97 bits per heavy atom. The molecule has 2 aromatic carbocycles. The molecule has 0 aliphatic rings. The number of hydrogen-bond acceptors (Lipinski definition) is 6. The quantitative estimate of drug-likeness (QED) is 0.344. The third kappa shape index (κ3) is 12.9. The van der Waals surface area contributed by atoms with Gasteiger partial charge in [-0.25, -0.2) is 4.79 Å². The normalized spacial score (nSPS) is 10.1. The summed E-state index contributed by atoms with van der Waals surface area (Å²) in [6, 6.07) is 12.7. The van der Waals surface area contributed by atoms with Crippen molar-refractivity contribution in [3.05, 3.63) is 59.2 Å². The van der Waals surface area contributed by atoms with Gasteiger partial charge in [-0.3, -0.25) is 9.69 Å². The number of nitrogens with two attached hydrogens (primary N) is 1. The molecule has 0 bridgehead atoms. The van der Waals surface area contributed by atoms with Crippen molar-refractivity contribution >= 4 is 23.3 Å². The molecule has 0 heterocycles. The summed E-state index contributed by atoms with van der Waals surface area (Å²) in [5.41, 5.74) is 9.76. The highest BCUT2D eigenvalue weighted by Gasteiger charge is 2.11. The Labute approximate surface area is 212 Å². The molecule has 0 unspecified atom stereocenters. The summed E-state index contributed by atoms with van der Waals surface area (Å²) in [6.07, 6.45) is 0.912. The Hall–Kier alpha value is -2.90. The summed E-state index contributed by atoms with van der Waals surface area (Å²) in [4.78, 5) is 28.5. The van der Waals surface area contributed by atoms with E-state index in [0.717, 1.165) is 36.3 Å². The molecule has 35 heavy (non-hydrogen) atoms. The molecule has 196 valence electrons. The summed E-state index contributed by atoms with van der Waals surface area (Å²) in [5.74, 6) is -0.356. The number of nitrogen functional groups attached to an aromatic ring is 1. The van der Waals surface area contributed by atoms with Crippen LogP contribution in [0, 0.1) is 13.8 Å². The number of amides is 1. The lowest BCUT2D eigenvalue weighted by atomic mass is 10.1. The molecule has 0 fully saturated rings. The lowest BCUT2D eigenvalue weighted by Crippen LogP contribution is -2.33. The first-order chi connectivity index (χ1) is 16.8. The summed E-state index contributed by atoms with van der Waals surface area (Å²) in [7, 11) is 3.93. The molecule has 1 amide bonds. The fourth-order valence-corrected chi connectivity index (χ4v) is 3.23. The van der Waals surface area contributed by atoms with Crippen molar-refractivity contribution in [2.24, 2.45) is 0 Å². The minimum atomic E-state index is -0.344. The largest absolute Gasteiger partial charge is 0.461 e. The van der Waals surface area contributed by atoms with E-state index in [4.69, 9.17) is 10.5 Å². The fourth-order valence-electron chi connectivity index (χ4n) is 3.23. The zero-order valence-corrected chi connectivity index (χ0v) is 23.0. The van der Waals surface area contributed by atoms with Gasteiger partial charge >= 0.3 is 5.97 Å². The minimum Gasteiger partial charge on any atom is -0.461 e. The maximum atomic E-state index is 12.3. The standard InChI is InChI=1S/C24H34N4O3.2C2H6/c1-18-7-5-8-19(2)23(18)26-22(29)17-28(4)14-6-13-27(3)15-16-31-24(30)20-9-11-21(25)12-10-20;2*1-2/h5,7-12H,6,13-17,25H2,1-4H3,(H,26,29);2*1-2H3. The predicted octanol–water partition coefficient (Wildman–Crippen LogP) is 4.99. The maximum Gasteiger partial charge on any atom is 0.338 e. The molecular weight excluding hydrogens is 440 g/mol. The first-order valence-corrected chi connectivity index (χ1v) is 12.5. The SMILES string of the molecule is CC.CC.Cc1cccc(C)c1NC(=O)CN(C)CCCN(C)CCOC(=O)c1ccc(N)cc1. The lowest BCUT2D eigenvalue weighted by molar-refractivity contribution is -0.117. The molecule has 0 aliphatic carbocycles. The van der Waals surface area contributed by atoms with Crippen molar-refractivity contribution in [2.45, 2.75) is 48.0 Å². The maximum absolute atomic E-state index is 12.3. The van der Waals surface area contributed by atoms with Gasteiger partial charge in [-0.15, -0.1) is 0 Å². The predicted molar refractivity (Wildman–Crippen MR) is 148 cm³/mol. The van der Waals surface area contributed by atoms with Crippen LogP contribution in [0.25, 0.3) is 0 Å². The minimum absolute atomic E-state index is 0.0113. The number of rotatable bonds is 11. The number of nitrogens with zero attached hydrogens (tertiary/aromatic N) is 2. The van der Waals surface area contributed by atoms with Crippen LogP contribution in [-0.4, -0.2) is 68.6 Å². The van der Waals surface area contributed by atoms with E-state index in [0.29, 0.717) is 30.9 Å². The average molecular weight is 487 g/mol. The third-order valence-corrected chi connectivity index (χ3v) is 5.09. The van der Waals surface area contributed by atoms with E-state index in [2.05, 4.69) is 10.2 Å². The van der Waals surface area contributed by atoms with E-state index in [1.807, 2.05) is 78.7 Å². The van der Waals surface area contributed by atoms with Gasteiger partial charge in [-0.1, -0.05) is 45.9 Å². The van der Waals surface area contributed by atoms with E-state index >= 15 is 0 Å². The first kappa shape index (κ1) is 32.1. The van der Waals surface area contributed by atoms with Crippen LogP contribution in [0.4, 0.5) is 11.4 Å². The van der Waals surface area contributed by atoms with Crippen LogP contribution in [0.5, 0.6) is 0 Å². The van der Waals surface area contributed by atoms with Crippen LogP contribution in [0.15, 0.2) is 42.5 Å². The Balaban J connectivity index is 0.00000274. The van der Waals surface area contributed by atoms with Crippen molar-refractivity contribution in [1.29, 1.82) is 0 Å². The van der Waals surface area contributed by atoms with Crippen molar-refractivity contribution < 1.29 is 14.3 Å². The van der Waals surface area contributed by atoms with Crippen LogP contribution < -0.4 is 11.1 Å². The van der Waals surface area contributed by atoms with Crippen LogP contribution >= 0.6 is 0 Å². The Morgan fingerprint density at radius 2 is 1.40 bits per heavy atom. The summed E-state index contributed by atoms with van der Waals surface area (Å²) < 4.78 is 5.31. The van der Waals surface area contributed by atoms with Gasteiger partial charge in [0.2, 0.25) is 5.91 Å². The Bertz CT molecular complexity index is 849. The van der Waals surface area contributed by atoms with Crippen molar-refractivity contribution in [3.8, 4) is 0 Å². The van der Waals surface area contributed by atoms with Crippen LogP contribution in [0.3, 0.4) is 0 Å². The second-order valence-corrected chi connectivity index (χ2v) is 7.97. The number of hydrogen-bond donors (Lipinski definition) is 2. The van der Waals surface area contributed by atoms with Gasteiger partial charge in [0.05, 0.1) is 12.1 Å². The summed E-state index contributed by atoms with van der Waals surface area (Å²) in [6.45, 7) is 15.0. The fraction of sp³-hybridized carbons (Fsp3) is 0.500. The second-order valence-electron chi connectivity index (χ2n) is 7.97. The highest BCUT2D eigenvalue weighted by atomic mass is 16.5. The molecule has 0 radical (unpaired) electrons. The number of carbonyl (C=O) groups excluding carboxylic acids is 2. The number of nitrogens with one attached hydrogen (secondary N) is 1. The molecule has 2 rings (SSSR count). The lowest BCUT2D eigenvalue weighted by Gasteiger charge is -2.20. The van der Waals surface area contributed by atoms with E-state index in [1.54, 1.807) is 24.3 Å². The van der Waals surface area contributed by atoms with E-state index in [-0.39, 0.29) is 11.9 Å². The molecule has 7 nitrogen and oxygen atoms in total. The Kier molecular flexibility index (Phi) is 16.9.